The van der Waals surface area contributed by atoms with Crippen molar-refractivity contribution in [3.05, 3.63) is 22.8 Å². The normalized spacial score (nSPS) is 20.0. The Morgan fingerprint density at radius 3 is 2.35 bits per heavy atom. The molecule has 1 aromatic rings. The van der Waals surface area contributed by atoms with E-state index in [-0.39, 0.29) is 10.6 Å². The molecule has 1 aromatic heterocycles. The third-order valence-corrected chi connectivity index (χ3v) is 4.20. The molecule has 0 aromatic carbocycles. The number of nitrogens with zero attached hydrogens (tertiary/aromatic N) is 1. The summed E-state index contributed by atoms with van der Waals surface area (Å²) >= 11 is 6.23. The van der Waals surface area contributed by atoms with Gasteiger partial charge in [0.25, 0.3) is 0 Å². The van der Waals surface area contributed by atoms with Crippen LogP contribution < -0.4 is 5.59 Å². The monoisotopic (exact) mass is 297 g/mol. The number of rotatable bonds is 2. The van der Waals surface area contributed by atoms with Gasteiger partial charge in [0.05, 0.1) is 34.5 Å². The molecular weight excluding hydrogens is 280 g/mol. The third-order valence-electron chi connectivity index (χ3n) is 3.80. The summed E-state index contributed by atoms with van der Waals surface area (Å²) in [6, 6.07) is 1.50. The summed E-state index contributed by atoms with van der Waals surface area (Å²) < 4.78 is 16.4. The fraction of sp³-hybridized carbons (Fsp3) is 0.538. The van der Waals surface area contributed by atoms with Gasteiger partial charge < -0.3 is 14.0 Å². The van der Waals surface area contributed by atoms with Crippen molar-refractivity contribution in [1.82, 2.24) is 4.98 Å². The number of pyridine rings is 1. The number of hydrogen-bond donors (Lipinski definition) is 0. The Hall–Kier alpha value is -1.11. The minimum atomic E-state index is -0.711. The van der Waals surface area contributed by atoms with Crippen molar-refractivity contribution in [3.63, 3.8) is 0 Å². The van der Waals surface area contributed by atoms with Crippen molar-refractivity contribution in [1.29, 1.82) is 0 Å². The van der Waals surface area contributed by atoms with Crippen molar-refractivity contribution in [2.45, 2.75) is 38.9 Å². The molecule has 0 aliphatic carbocycles. The molecule has 0 unspecified atom stereocenters. The van der Waals surface area contributed by atoms with E-state index in [1.54, 1.807) is 0 Å². The van der Waals surface area contributed by atoms with E-state index in [1.807, 2.05) is 27.7 Å². The average molecular weight is 298 g/mol. The van der Waals surface area contributed by atoms with Gasteiger partial charge in [-0.2, -0.15) is 0 Å². The summed E-state index contributed by atoms with van der Waals surface area (Å²) in [5.74, 6) is -0.518. The van der Waals surface area contributed by atoms with Gasteiger partial charge in [-0.15, -0.1) is 0 Å². The van der Waals surface area contributed by atoms with Crippen molar-refractivity contribution in [2.75, 3.05) is 7.11 Å². The molecular formula is C13H17BClNO4. The molecule has 20 heavy (non-hydrogen) atoms. The maximum Gasteiger partial charge on any atom is 0.516 e. The lowest BCUT2D eigenvalue weighted by atomic mass is 9.83. The summed E-state index contributed by atoms with van der Waals surface area (Å²) in [6.07, 6.45) is 1.48. The summed E-state index contributed by atoms with van der Waals surface area (Å²) in [7, 11) is 0.588. The van der Waals surface area contributed by atoms with E-state index in [0.717, 1.165) is 0 Å². The number of halogens is 1. The first-order valence-corrected chi connectivity index (χ1v) is 6.66. The van der Waals surface area contributed by atoms with E-state index in [2.05, 4.69) is 9.72 Å². The molecule has 1 fully saturated rings. The molecule has 7 heteroatoms. The molecule has 1 aliphatic rings. The van der Waals surface area contributed by atoms with E-state index in [0.29, 0.717) is 5.59 Å². The average Bonchev–Trinajstić information content (AvgIpc) is 2.57. The Morgan fingerprint density at radius 2 is 1.85 bits per heavy atom. The van der Waals surface area contributed by atoms with E-state index >= 15 is 0 Å². The molecule has 108 valence electrons. The quantitative estimate of drug-likeness (QED) is 0.615. The Kier molecular flexibility index (Phi) is 3.84. The van der Waals surface area contributed by atoms with Crippen LogP contribution in [0.3, 0.4) is 0 Å². The molecule has 0 atom stereocenters. The highest BCUT2D eigenvalue weighted by molar-refractivity contribution is 6.65. The Balaban J connectivity index is 2.39. The Morgan fingerprint density at radius 1 is 1.30 bits per heavy atom. The highest BCUT2D eigenvalue weighted by Crippen LogP contribution is 2.36. The molecule has 0 radical (unpaired) electrons. The van der Waals surface area contributed by atoms with Crippen LogP contribution in [0.5, 0.6) is 0 Å². The van der Waals surface area contributed by atoms with Crippen LogP contribution in [0.15, 0.2) is 12.3 Å². The van der Waals surface area contributed by atoms with Gasteiger partial charge in [-0.1, -0.05) is 11.6 Å². The van der Waals surface area contributed by atoms with Gasteiger partial charge >= 0.3 is 13.1 Å². The largest absolute Gasteiger partial charge is 0.516 e. The molecule has 1 aliphatic heterocycles. The molecule has 2 heterocycles. The second-order valence-electron chi connectivity index (χ2n) is 5.64. The van der Waals surface area contributed by atoms with E-state index in [1.165, 1.54) is 19.4 Å². The van der Waals surface area contributed by atoms with Gasteiger partial charge in [0.2, 0.25) is 0 Å². The molecule has 1 saturated heterocycles. The number of esters is 1. The van der Waals surface area contributed by atoms with Crippen LogP contribution in [-0.4, -0.2) is 36.4 Å². The molecule has 0 spiro atoms. The van der Waals surface area contributed by atoms with Crippen molar-refractivity contribution in [2.24, 2.45) is 0 Å². The van der Waals surface area contributed by atoms with Gasteiger partial charge in [0.15, 0.2) is 0 Å². The smallest absolute Gasteiger partial charge is 0.465 e. The van der Waals surface area contributed by atoms with Gasteiger partial charge in [-0.25, -0.2) is 4.79 Å². The second kappa shape index (κ2) is 5.02. The van der Waals surface area contributed by atoms with Gasteiger partial charge in [0, 0.05) is 6.20 Å². The van der Waals surface area contributed by atoms with Crippen LogP contribution in [0.2, 0.25) is 5.02 Å². The molecule has 0 N–H and O–H groups in total. The lowest BCUT2D eigenvalue weighted by Gasteiger charge is -2.32. The van der Waals surface area contributed by atoms with Crippen LogP contribution in [0, 0.1) is 0 Å². The van der Waals surface area contributed by atoms with E-state index in [4.69, 9.17) is 20.9 Å². The summed E-state index contributed by atoms with van der Waals surface area (Å²) in [5.41, 5.74) is -0.365. The lowest BCUT2D eigenvalue weighted by Crippen LogP contribution is -2.41. The predicted octanol–water partition coefficient (Wildman–Crippen LogP) is 1.82. The maximum atomic E-state index is 11.6. The summed E-state index contributed by atoms with van der Waals surface area (Å²) in [4.78, 5) is 15.8. The molecule has 0 amide bonds. The van der Waals surface area contributed by atoms with Crippen LogP contribution in [0.1, 0.15) is 38.1 Å². The SMILES string of the molecule is COC(=O)c1ccnc(B2OC(C)(C)C(C)(C)O2)c1Cl. The summed E-state index contributed by atoms with van der Waals surface area (Å²) in [5, 5.41) is 0.192. The number of aromatic nitrogens is 1. The minimum absolute atomic E-state index is 0.192. The number of hydrogen-bond acceptors (Lipinski definition) is 5. The van der Waals surface area contributed by atoms with Gasteiger partial charge in [0.1, 0.15) is 0 Å². The zero-order valence-electron chi connectivity index (χ0n) is 12.2. The van der Waals surface area contributed by atoms with E-state index in [9.17, 15) is 4.79 Å². The standard InChI is InChI=1S/C13H17BClNO4/c1-12(2)13(3,4)20-14(19-12)10-9(15)8(6-7-16-10)11(17)18-5/h6-7H,1-5H3. The predicted molar refractivity (Wildman–Crippen MR) is 76.3 cm³/mol. The zero-order valence-corrected chi connectivity index (χ0v) is 12.9. The number of carbonyl (C=O) groups is 1. The Bertz CT molecular complexity index is 531. The molecule has 0 saturated carbocycles. The fourth-order valence-corrected chi connectivity index (χ4v) is 2.12. The van der Waals surface area contributed by atoms with Gasteiger partial charge in [-0.3, -0.25) is 4.98 Å². The first-order chi connectivity index (χ1) is 9.19. The van der Waals surface area contributed by atoms with Crippen LogP contribution in [0.25, 0.3) is 0 Å². The fourth-order valence-electron chi connectivity index (χ4n) is 1.85. The molecule has 0 bridgehead atoms. The van der Waals surface area contributed by atoms with Crippen LogP contribution in [-0.2, 0) is 14.0 Å². The first-order valence-electron chi connectivity index (χ1n) is 6.28. The number of ether oxygens (including phenoxy) is 1. The van der Waals surface area contributed by atoms with Crippen molar-refractivity contribution in [3.8, 4) is 0 Å². The van der Waals surface area contributed by atoms with Crippen LogP contribution >= 0.6 is 11.6 Å². The minimum Gasteiger partial charge on any atom is -0.465 e. The zero-order chi connectivity index (χ0) is 15.1. The van der Waals surface area contributed by atoms with E-state index < -0.39 is 24.3 Å². The highest BCUT2D eigenvalue weighted by atomic mass is 35.5. The third kappa shape index (κ3) is 2.43. The Labute approximate surface area is 123 Å². The topological polar surface area (TPSA) is 57.7 Å². The molecule has 2 rings (SSSR count). The summed E-state index contributed by atoms with van der Waals surface area (Å²) in [6.45, 7) is 7.74. The highest BCUT2D eigenvalue weighted by Gasteiger charge is 2.53. The van der Waals surface area contributed by atoms with Gasteiger partial charge in [-0.05, 0) is 33.8 Å². The molecule has 5 nitrogen and oxygen atoms in total. The first kappa shape index (κ1) is 15.3. The van der Waals surface area contributed by atoms with Crippen molar-refractivity contribution >= 4 is 30.3 Å². The maximum absolute atomic E-state index is 11.6. The second-order valence-corrected chi connectivity index (χ2v) is 6.02. The number of carbonyl (C=O) groups excluding carboxylic acids is 1. The van der Waals surface area contributed by atoms with Crippen molar-refractivity contribution < 1.29 is 18.8 Å². The lowest BCUT2D eigenvalue weighted by molar-refractivity contribution is 0.00578. The number of methoxy groups -OCH3 is 1. The van der Waals surface area contributed by atoms with Crippen LogP contribution in [0.4, 0.5) is 0 Å².